The molecule has 3 aliphatic heterocycles. The van der Waals surface area contributed by atoms with Gasteiger partial charge in [0.05, 0.1) is 11.2 Å². The fourth-order valence-electron chi connectivity index (χ4n) is 14.0. The highest BCUT2D eigenvalue weighted by atomic mass is 15.3. The molecule has 4 aliphatic rings. The van der Waals surface area contributed by atoms with Crippen molar-refractivity contribution < 1.29 is 0 Å². The van der Waals surface area contributed by atoms with Crippen LogP contribution in [0, 0.1) is 10.8 Å². The van der Waals surface area contributed by atoms with Gasteiger partial charge in [-0.05, 0) is 163 Å². The normalized spacial score (nSPS) is 20.7. The first-order valence-electron chi connectivity index (χ1n) is 27.8. The van der Waals surface area contributed by atoms with Crippen LogP contribution in [0.4, 0.5) is 45.5 Å². The summed E-state index contributed by atoms with van der Waals surface area (Å²) in [7, 11) is 0. The van der Waals surface area contributed by atoms with E-state index < -0.39 is 0 Å². The molecule has 4 heteroatoms. The van der Waals surface area contributed by atoms with Crippen LogP contribution >= 0.6 is 0 Å². The van der Waals surface area contributed by atoms with Crippen LogP contribution in [-0.2, 0) is 27.1 Å². The monoisotopic (exact) mass is 976 g/mol. The number of anilines is 8. The van der Waals surface area contributed by atoms with Crippen molar-refractivity contribution in [2.24, 2.45) is 10.8 Å². The standard InChI is InChI=1S/C70H82BN3/c1-63(2,3)46-28-32-50(33-29-46)72-59-44-51(74-57-37-31-48(65(7,8)9)41-53(57)69(17)67(13,14)38-39-68(15,16)70(69,74)18)34-35-55(59)71-54-26-22-23-27-58(54)73(61-43-49(66(10,11)12)42-60(72)62(61)71)56-36-30-47(64(4,5)6)40-52(56)45-24-20-19-21-25-45/h19-37,40-44H,38-39H2,1-18H3. The van der Waals surface area contributed by atoms with Crippen molar-refractivity contribution in [1.29, 1.82) is 0 Å². The molecule has 0 saturated heterocycles. The van der Waals surface area contributed by atoms with Gasteiger partial charge in [-0.25, -0.2) is 0 Å². The molecule has 0 radical (unpaired) electrons. The molecule has 7 aromatic rings. The summed E-state index contributed by atoms with van der Waals surface area (Å²) in [5.41, 5.74) is 22.9. The van der Waals surface area contributed by atoms with E-state index in [-0.39, 0.29) is 50.2 Å². The van der Waals surface area contributed by atoms with Crippen molar-refractivity contribution in [2.45, 2.75) is 170 Å². The number of nitrogens with zero attached hydrogens (tertiary/aromatic N) is 3. The molecule has 0 bridgehead atoms. The van der Waals surface area contributed by atoms with Crippen molar-refractivity contribution in [3.8, 4) is 11.1 Å². The topological polar surface area (TPSA) is 9.72 Å². The molecular weight excluding hydrogens is 894 g/mol. The summed E-state index contributed by atoms with van der Waals surface area (Å²) in [4.78, 5) is 8.10. The second-order valence-electron chi connectivity index (χ2n) is 28.5. The van der Waals surface area contributed by atoms with E-state index in [4.69, 9.17) is 0 Å². The van der Waals surface area contributed by atoms with Crippen LogP contribution in [0.15, 0.2) is 146 Å². The Labute approximate surface area is 446 Å². The van der Waals surface area contributed by atoms with Gasteiger partial charge in [-0.1, -0.05) is 203 Å². The first kappa shape index (κ1) is 50.2. The number of hydrogen-bond acceptors (Lipinski definition) is 3. The third-order valence-corrected chi connectivity index (χ3v) is 19.4. The number of benzene rings is 7. The summed E-state index contributed by atoms with van der Waals surface area (Å²) in [5.74, 6) is 0. The zero-order valence-electron chi connectivity index (χ0n) is 48.2. The highest BCUT2D eigenvalue weighted by Crippen LogP contribution is 2.71. The predicted octanol–water partition coefficient (Wildman–Crippen LogP) is 17.6. The number of para-hydroxylation sites is 1. The van der Waals surface area contributed by atoms with Gasteiger partial charge in [-0.15, -0.1) is 0 Å². The van der Waals surface area contributed by atoms with E-state index >= 15 is 0 Å². The van der Waals surface area contributed by atoms with E-state index in [0.29, 0.717) is 0 Å². The van der Waals surface area contributed by atoms with Crippen molar-refractivity contribution in [3.63, 3.8) is 0 Å². The molecule has 11 rings (SSSR count). The fourth-order valence-corrected chi connectivity index (χ4v) is 14.0. The Hall–Kier alpha value is -6.00. The van der Waals surface area contributed by atoms with Gasteiger partial charge in [0, 0.05) is 50.8 Å². The molecule has 3 heterocycles. The van der Waals surface area contributed by atoms with Gasteiger partial charge in [0.25, 0.3) is 6.71 Å². The third kappa shape index (κ3) is 7.26. The van der Waals surface area contributed by atoms with Crippen LogP contribution in [0.1, 0.15) is 165 Å². The first-order chi connectivity index (χ1) is 34.5. The average Bonchev–Trinajstić information content (AvgIpc) is 3.59. The Kier molecular flexibility index (Phi) is 11.0. The molecule has 7 aromatic carbocycles. The lowest BCUT2D eigenvalue weighted by Gasteiger charge is -2.65. The minimum Gasteiger partial charge on any atom is -0.334 e. The van der Waals surface area contributed by atoms with E-state index in [9.17, 15) is 0 Å². The lowest BCUT2D eigenvalue weighted by atomic mass is 9.33. The Balaban J connectivity index is 1.22. The van der Waals surface area contributed by atoms with Gasteiger partial charge in [0.2, 0.25) is 0 Å². The maximum atomic E-state index is 2.83. The molecule has 380 valence electrons. The van der Waals surface area contributed by atoms with Crippen molar-refractivity contribution in [1.82, 2.24) is 0 Å². The molecule has 3 nitrogen and oxygen atoms in total. The largest absolute Gasteiger partial charge is 0.334 e. The lowest BCUT2D eigenvalue weighted by Crippen LogP contribution is -2.69. The maximum absolute atomic E-state index is 2.83. The molecular formula is C70H82BN3. The maximum Gasteiger partial charge on any atom is 0.252 e. The van der Waals surface area contributed by atoms with Gasteiger partial charge >= 0.3 is 0 Å². The minimum absolute atomic E-state index is 0.00393. The number of hydrogen-bond donors (Lipinski definition) is 0. The Bertz CT molecular complexity index is 3370. The van der Waals surface area contributed by atoms with E-state index in [1.165, 1.54) is 107 Å². The van der Waals surface area contributed by atoms with E-state index in [2.05, 4.69) is 285 Å². The minimum atomic E-state index is -0.246. The summed E-state index contributed by atoms with van der Waals surface area (Å²) < 4.78 is 0. The molecule has 1 aliphatic carbocycles. The molecule has 0 N–H and O–H groups in total. The van der Waals surface area contributed by atoms with Crippen molar-refractivity contribution in [3.05, 3.63) is 173 Å². The molecule has 1 saturated carbocycles. The van der Waals surface area contributed by atoms with E-state index in [1.807, 2.05) is 0 Å². The van der Waals surface area contributed by atoms with Crippen LogP contribution in [-0.4, -0.2) is 12.3 Å². The molecule has 1 fully saturated rings. The summed E-state index contributed by atoms with van der Waals surface area (Å²) >= 11 is 0. The lowest BCUT2D eigenvalue weighted by molar-refractivity contribution is -0.0415. The Morgan fingerprint density at radius 3 is 1.53 bits per heavy atom. The highest BCUT2D eigenvalue weighted by Gasteiger charge is 2.70. The quantitative estimate of drug-likeness (QED) is 0.163. The van der Waals surface area contributed by atoms with Gasteiger partial charge in [0.15, 0.2) is 0 Å². The molecule has 2 atom stereocenters. The van der Waals surface area contributed by atoms with Crippen LogP contribution < -0.4 is 31.1 Å². The zero-order valence-corrected chi connectivity index (χ0v) is 48.2. The smallest absolute Gasteiger partial charge is 0.252 e. The van der Waals surface area contributed by atoms with Crippen LogP contribution in [0.3, 0.4) is 0 Å². The predicted molar refractivity (Wildman–Crippen MR) is 322 cm³/mol. The average molecular weight is 976 g/mol. The second-order valence-corrected chi connectivity index (χ2v) is 28.5. The van der Waals surface area contributed by atoms with Crippen molar-refractivity contribution >= 4 is 68.6 Å². The fraction of sp³-hybridized carbons (Fsp3) is 0.400. The molecule has 74 heavy (non-hydrogen) atoms. The third-order valence-electron chi connectivity index (χ3n) is 19.4. The summed E-state index contributed by atoms with van der Waals surface area (Å²) in [6.07, 6.45) is 2.34. The van der Waals surface area contributed by atoms with Gasteiger partial charge in [-0.2, -0.15) is 0 Å². The first-order valence-corrected chi connectivity index (χ1v) is 27.8. The SMILES string of the molecule is CC(C)(C)c1ccc(N2c3cc(N4c5ccc(C(C)(C)C)cc5C5(C)C(C)(C)CCC(C)(C)C45C)ccc3B3c4ccccc4N(c4ccc(C(C)(C)C)cc4-c4ccccc4)c4cc(C(C)(C)C)cc2c43)cc1. The van der Waals surface area contributed by atoms with E-state index in [0.717, 1.165) is 6.42 Å². The summed E-state index contributed by atoms with van der Waals surface area (Å²) in [5, 5.41) is 0. The van der Waals surface area contributed by atoms with Gasteiger partial charge < -0.3 is 14.7 Å². The van der Waals surface area contributed by atoms with E-state index in [1.54, 1.807) is 0 Å². The molecule has 2 unspecified atom stereocenters. The number of rotatable bonds is 4. The summed E-state index contributed by atoms with van der Waals surface area (Å²) in [6.45, 7) is 43.7. The number of fused-ring (bicyclic) bond motifs is 7. The summed E-state index contributed by atoms with van der Waals surface area (Å²) in [6, 6.07) is 57.4. The molecule has 0 amide bonds. The molecule has 0 spiro atoms. The highest BCUT2D eigenvalue weighted by molar-refractivity contribution is 7.00. The second kappa shape index (κ2) is 16.3. The zero-order chi connectivity index (χ0) is 53.1. The van der Waals surface area contributed by atoms with Crippen LogP contribution in [0.2, 0.25) is 0 Å². The Morgan fingerprint density at radius 2 is 0.905 bits per heavy atom. The van der Waals surface area contributed by atoms with Gasteiger partial charge in [-0.3, -0.25) is 0 Å². The Morgan fingerprint density at radius 1 is 0.392 bits per heavy atom. The van der Waals surface area contributed by atoms with Crippen LogP contribution in [0.25, 0.3) is 11.1 Å². The van der Waals surface area contributed by atoms with Crippen molar-refractivity contribution in [2.75, 3.05) is 14.7 Å². The molecule has 0 aromatic heterocycles. The van der Waals surface area contributed by atoms with Gasteiger partial charge in [0.1, 0.15) is 0 Å². The van der Waals surface area contributed by atoms with Crippen LogP contribution in [0.5, 0.6) is 0 Å².